The second kappa shape index (κ2) is 9.02. The molecule has 0 unspecified atom stereocenters. The van der Waals surface area contributed by atoms with E-state index < -0.39 is 0 Å². The lowest BCUT2D eigenvalue weighted by Gasteiger charge is -2.09. The first-order valence-electron chi connectivity index (χ1n) is 8.56. The minimum absolute atomic E-state index is 0.146. The number of aromatic nitrogens is 2. The van der Waals surface area contributed by atoms with E-state index in [4.69, 9.17) is 4.74 Å². The second-order valence-corrected chi connectivity index (χ2v) is 6.89. The molecule has 0 spiro atoms. The van der Waals surface area contributed by atoms with Gasteiger partial charge >= 0.3 is 0 Å². The maximum atomic E-state index is 12.2. The SMILES string of the molecule is Cc1nc(C)c(C#N)c(SCC(=O)Nc2ccc(Oc3ccccc3)cc2)n1. The third kappa shape index (κ3) is 5.09. The second-order valence-electron chi connectivity index (χ2n) is 5.92. The van der Waals surface area contributed by atoms with Gasteiger partial charge in [0, 0.05) is 5.69 Å². The summed E-state index contributed by atoms with van der Waals surface area (Å²) < 4.78 is 5.73. The molecule has 0 atom stereocenters. The molecular formula is C21H18N4O2S. The van der Waals surface area contributed by atoms with Crippen LogP contribution in [0, 0.1) is 25.2 Å². The van der Waals surface area contributed by atoms with Crippen LogP contribution in [0.2, 0.25) is 0 Å². The molecule has 1 amide bonds. The molecule has 0 fully saturated rings. The summed E-state index contributed by atoms with van der Waals surface area (Å²) in [5.74, 6) is 1.98. The molecule has 0 saturated carbocycles. The van der Waals surface area contributed by atoms with E-state index in [1.54, 1.807) is 38.1 Å². The van der Waals surface area contributed by atoms with Crippen molar-refractivity contribution in [2.75, 3.05) is 11.1 Å². The van der Waals surface area contributed by atoms with Crippen LogP contribution in [0.4, 0.5) is 5.69 Å². The molecule has 1 aromatic heterocycles. The molecule has 0 bridgehead atoms. The first kappa shape index (κ1) is 19.4. The smallest absolute Gasteiger partial charge is 0.234 e. The molecule has 0 saturated heterocycles. The minimum Gasteiger partial charge on any atom is -0.457 e. The Bertz CT molecular complexity index is 1020. The summed E-state index contributed by atoms with van der Waals surface area (Å²) in [6, 6.07) is 18.7. The molecule has 1 heterocycles. The number of amides is 1. The van der Waals surface area contributed by atoms with Crippen molar-refractivity contribution in [1.29, 1.82) is 5.26 Å². The van der Waals surface area contributed by atoms with E-state index in [0.29, 0.717) is 33.5 Å². The third-order valence-corrected chi connectivity index (χ3v) is 4.71. The number of hydrogen-bond donors (Lipinski definition) is 1. The first-order chi connectivity index (χ1) is 13.5. The number of nitrogens with one attached hydrogen (secondary N) is 1. The number of thioether (sulfide) groups is 1. The number of ether oxygens (including phenoxy) is 1. The van der Waals surface area contributed by atoms with E-state index in [9.17, 15) is 10.1 Å². The zero-order valence-corrected chi connectivity index (χ0v) is 16.3. The molecular weight excluding hydrogens is 372 g/mol. The van der Waals surface area contributed by atoms with Crippen LogP contribution < -0.4 is 10.1 Å². The van der Waals surface area contributed by atoms with Gasteiger partial charge < -0.3 is 10.1 Å². The monoisotopic (exact) mass is 390 g/mol. The van der Waals surface area contributed by atoms with Crippen molar-refractivity contribution in [2.24, 2.45) is 0 Å². The van der Waals surface area contributed by atoms with Crippen molar-refractivity contribution in [2.45, 2.75) is 18.9 Å². The normalized spacial score (nSPS) is 10.2. The van der Waals surface area contributed by atoms with Crippen LogP contribution in [0.5, 0.6) is 11.5 Å². The van der Waals surface area contributed by atoms with Crippen LogP contribution in [0.25, 0.3) is 0 Å². The van der Waals surface area contributed by atoms with Gasteiger partial charge in [0.05, 0.1) is 11.4 Å². The average Bonchev–Trinajstić information content (AvgIpc) is 2.68. The Hall–Kier alpha value is -3.37. The Morgan fingerprint density at radius 3 is 2.43 bits per heavy atom. The van der Waals surface area contributed by atoms with Gasteiger partial charge in [-0.25, -0.2) is 9.97 Å². The number of rotatable bonds is 6. The van der Waals surface area contributed by atoms with Gasteiger partial charge in [0.15, 0.2) is 0 Å². The summed E-state index contributed by atoms with van der Waals surface area (Å²) in [7, 11) is 0. The van der Waals surface area contributed by atoms with Gasteiger partial charge in [-0.1, -0.05) is 30.0 Å². The fourth-order valence-corrected chi connectivity index (χ4v) is 3.35. The lowest BCUT2D eigenvalue weighted by molar-refractivity contribution is -0.113. The zero-order chi connectivity index (χ0) is 19.9. The Labute approximate surface area is 167 Å². The summed E-state index contributed by atoms with van der Waals surface area (Å²) in [6.45, 7) is 3.52. The van der Waals surface area contributed by atoms with Crippen LogP contribution in [-0.2, 0) is 4.79 Å². The minimum atomic E-state index is -0.181. The number of hydrogen-bond acceptors (Lipinski definition) is 6. The van der Waals surface area contributed by atoms with Crippen LogP contribution in [0.1, 0.15) is 17.1 Å². The first-order valence-corrected chi connectivity index (χ1v) is 9.54. The molecule has 0 radical (unpaired) electrons. The highest BCUT2D eigenvalue weighted by Gasteiger charge is 2.12. The summed E-state index contributed by atoms with van der Waals surface area (Å²) >= 11 is 1.22. The van der Waals surface area contributed by atoms with E-state index >= 15 is 0 Å². The lowest BCUT2D eigenvalue weighted by atomic mass is 10.3. The zero-order valence-electron chi connectivity index (χ0n) is 15.5. The molecule has 3 rings (SSSR count). The Balaban J connectivity index is 1.58. The van der Waals surface area contributed by atoms with E-state index in [2.05, 4.69) is 21.4 Å². The van der Waals surface area contributed by atoms with Crippen LogP contribution in [0.15, 0.2) is 59.6 Å². The highest BCUT2D eigenvalue weighted by molar-refractivity contribution is 8.00. The number of nitriles is 1. The molecule has 7 heteroatoms. The number of carbonyl (C=O) groups excluding carboxylic acids is 1. The quantitative estimate of drug-likeness (QED) is 0.493. The van der Waals surface area contributed by atoms with Crippen molar-refractivity contribution in [1.82, 2.24) is 9.97 Å². The Morgan fingerprint density at radius 2 is 1.75 bits per heavy atom. The number of aryl methyl sites for hydroxylation is 2. The highest BCUT2D eigenvalue weighted by Crippen LogP contribution is 2.24. The number of nitrogens with zero attached hydrogens (tertiary/aromatic N) is 3. The maximum Gasteiger partial charge on any atom is 0.234 e. The summed E-state index contributed by atoms with van der Waals surface area (Å²) in [5.41, 5.74) is 1.69. The molecule has 0 aliphatic heterocycles. The Morgan fingerprint density at radius 1 is 1.07 bits per heavy atom. The molecule has 0 aliphatic carbocycles. The summed E-state index contributed by atoms with van der Waals surface area (Å²) in [5, 5.41) is 12.6. The number of para-hydroxylation sites is 1. The molecule has 28 heavy (non-hydrogen) atoms. The van der Waals surface area contributed by atoms with E-state index in [1.165, 1.54) is 11.8 Å². The third-order valence-electron chi connectivity index (χ3n) is 3.74. The van der Waals surface area contributed by atoms with Crippen molar-refractivity contribution >= 4 is 23.4 Å². The summed E-state index contributed by atoms with van der Waals surface area (Å²) in [4.78, 5) is 20.7. The standard InChI is InChI=1S/C21H18N4O2S/c1-14-19(12-22)21(24-15(2)23-14)28-13-20(26)25-16-8-10-18(11-9-16)27-17-6-4-3-5-7-17/h3-11H,13H2,1-2H3,(H,25,26). The molecule has 6 nitrogen and oxygen atoms in total. The lowest BCUT2D eigenvalue weighted by Crippen LogP contribution is -2.14. The van der Waals surface area contributed by atoms with Gasteiger partial charge in [-0.2, -0.15) is 5.26 Å². The van der Waals surface area contributed by atoms with E-state index in [0.717, 1.165) is 5.75 Å². The topological polar surface area (TPSA) is 87.9 Å². The number of carbonyl (C=O) groups is 1. The largest absolute Gasteiger partial charge is 0.457 e. The summed E-state index contributed by atoms with van der Waals surface area (Å²) in [6.07, 6.45) is 0. The predicted molar refractivity (Wildman–Crippen MR) is 109 cm³/mol. The fourth-order valence-electron chi connectivity index (χ4n) is 2.48. The van der Waals surface area contributed by atoms with Crippen molar-refractivity contribution < 1.29 is 9.53 Å². The average molecular weight is 390 g/mol. The van der Waals surface area contributed by atoms with Gasteiger partial charge in [-0.05, 0) is 50.2 Å². The molecule has 0 aliphatic rings. The fraction of sp³-hybridized carbons (Fsp3) is 0.143. The molecule has 3 aromatic rings. The Kier molecular flexibility index (Phi) is 6.25. The molecule has 1 N–H and O–H groups in total. The van der Waals surface area contributed by atoms with Gasteiger partial charge in [-0.3, -0.25) is 4.79 Å². The molecule has 140 valence electrons. The van der Waals surface area contributed by atoms with Gasteiger partial charge in [-0.15, -0.1) is 0 Å². The van der Waals surface area contributed by atoms with Gasteiger partial charge in [0.1, 0.15) is 34.0 Å². The number of benzene rings is 2. The van der Waals surface area contributed by atoms with Crippen molar-refractivity contribution in [3.63, 3.8) is 0 Å². The van der Waals surface area contributed by atoms with Crippen molar-refractivity contribution in [3.05, 3.63) is 71.7 Å². The maximum absolute atomic E-state index is 12.2. The number of anilines is 1. The molecule has 2 aromatic carbocycles. The van der Waals surface area contributed by atoms with Crippen LogP contribution in [0.3, 0.4) is 0 Å². The van der Waals surface area contributed by atoms with Crippen LogP contribution >= 0.6 is 11.8 Å². The van der Waals surface area contributed by atoms with Crippen LogP contribution in [-0.4, -0.2) is 21.6 Å². The van der Waals surface area contributed by atoms with E-state index in [1.807, 2.05) is 30.3 Å². The van der Waals surface area contributed by atoms with Gasteiger partial charge in [0.2, 0.25) is 5.91 Å². The highest BCUT2D eigenvalue weighted by atomic mass is 32.2. The van der Waals surface area contributed by atoms with Crippen molar-refractivity contribution in [3.8, 4) is 17.6 Å². The predicted octanol–water partition coefficient (Wildman–Crippen LogP) is 4.49. The van der Waals surface area contributed by atoms with E-state index in [-0.39, 0.29) is 11.7 Å². The van der Waals surface area contributed by atoms with Gasteiger partial charge in [0.25, 0.3) is 0 Å².